The highest BCUT2D eigenvalue weighted by Gasteiger charge is 2.39. The van der Waals surface area contributed by atoms with Gasteiger partial charge in [0.1, 0.15) is 5.75 Å². The van der Waals surface area contributed by atoms with Crippen LogP contribution in [0.1, 0.15) is 25.3 Å². The van der Waals surface area contributed by atoms with Crippen molar-refractivity contribution in [1.29, 1.82) is 0 Å². The third kappa shape index (κ3) is 4.00. The van der Waals surface area contributed by atoms with Gasteiger partial charge in [-0.15, -0.1) is 0 Å². The molecule has 3 heterocycles. The first kappa shape index (κ1) is 18.6. The molecule has 3 aliphatic rings. The Kier molecular flexibility index (Phi) is 5.68. The first-order chi connectivity index (χ1) is 11.9. The van der Waals surface area contributed by atoms with Crippen molar-refractivity contribution >= 4 is 10.2 Å². The molecule has 25 heavy (non-hydrogen) atoms. The molecule has 0 aromatic heterocycles. The number of nitrogens with zero attached hydrogens (tertiary/aromatic N) is 3. The van der Waals surface area contributed by atoms with Gasteiger partial charge in [-0.25, -0.2) is 0 Å². The average Bonchev–Trinajstić information content (AvgIpc) is 2.89. The quantitative estimate of drug-likeness (QED) is 0.769. The van der Waals surface area contributed by atoms with E-state index >= 15 is 0 Å². The van der Waals surface area contributed by atoms with Crippen molar-refractivity contribution in [3.05, 3.63) is 29.8 Å². The highest BCUT2D eigenvalue weighted by Crippen LogP contribution is 2.32. The van der Waals surface area contributed by atoms with Crippen molar-refractivity contribution in [3.63, 3.8) is 0 Å². The maximum atomic E-state index is 12.6. The van der Waals surface area contributed by atoms with Gasteiger partial charge in [-0.3, -0.25) is 4.90 Å². The van der Waals surface area contributed by atoms with Crippen LogP contribution in [0, 0.1) is 5.92 Å². The minimum atomic E-state index is -3.35. The third-order valence-corrected chi connectivity index (χ3v) is 7.10. The predicted molar refractivity (Wildman–Crippen MR) is 98.7 cm³/mol. The maximum Gasteiger partial charge on any atom is 0.281 e. The van der Waals surface area contributed by atoms with E-state index in [4.69, 9.17) is 4.74 Å². The molecule has 0 spiro atoms. The highest BCUT2D eigenvalue weighted by atomic mass is 32.2. The molecule has 2 atom stereocenters. The SMILES string of the molecule is CCOc1ccccc1CN1C[C@@H]2CC[C@H]1CN(S(=O)(=O)N(C)C)C2. The molecule has 2 bridgehead atoms. The number of para-hydroxylation sites is 1. The molecule has 0 radical (unpaired) electrons. The van der Waals surface area contributed by atoms with Crippen LogP contribution in [0.3, 0.4) is 0 Å². The van der Waals surface area contributed by atoms with E-state index in [0.717, 1.165) is 31.7 Å². The average molecular weight is 368 g/mol. The highest BCUT2D eigenvalue weighted by molar-refractivity contribution is 7.86. The Morgan fingerprint density at radius 2 is 1.92 bits per heavy atom. The molecule has 1 aromatic rings. The molecular formula is C18H29N3O3S. The van der Waals surface area contributed by atoms with Gasteiger partial charge in [0.15, 0.2) is 0 Å². The van der Waals surface area contributed by atoms with Crippen molar-refractivity contribution in [2.24, 2.45) is 5.92 Å². The van der Waals surface area contributed by atoms with Crippen LogP contribution in [0.25, 0.3) is 0 Å². The summed E-state index contributed by atoms with van der Waals surface area (Å²) in [4.78, 5) is 2.44. The fourth-order valence-corrected chi connectivity index (χ4v) is 5.12. The molecule has 0 amide bonds. The molecule has 1 aromatic carbocycles. The van der Waals surface area contributed by atoms with Gasteiger partial charge in [0.25, 0.3) is 10.2 Å². The van der Waals surface area contributed by atoms with E-state index in [0.29, 0.717) is 25.6 Å². The van der Waals surface area contributed by atoms with Gasteiger partial charge in [-0.2, -0.15) is 17.0 Å². The van der Waals surface area contributed by atoms with Crippen LogP contribution in [-0.4, -0.2) is 68.3 Å². The number of fused-ring (bicyclic) bond motifs is 4. The Bertz CT molecular complexity index is 693. The summed E-state index contributed by atoms with van der Waals surface area (Å²) in [5.41, 5.74) is 1.18. The maximum absolute atomic E-state index is 12.6. The molecule has 0 N–H and O–H groups in total. The molecule has 4 rings (SSSR count). The monoisotopic (exact) mass is 367 g/mol. The third-order valence-electron chi connectivity index (χ3n) is 5.23. The smallest absolute Gasteiger partial charge is 0.281 e. The van der Waals surface area contributed by atoms with Gasteiger partial charge in [0.2, 0.25) is 0 Å². The van der Waals surface area contributed by atoms with Gasteiger partial charge in [0.05, 0.1) is 6.61 Å². The number of piperidine rings is 1. The summed E-state index contributed by atoms with van der Waals surface area (Å²) in [6.07, 6.45) is 2.16. The van der Waals surface area contributed by atoms with E-state index < -0.39 is 10.2 Å². The predicted octanol–water partition coefficient (Wildman–Crippen LogP) is 1.79. The minimum Gasteiger partial charge on any atom is -0.494 e. The topological polar surface area (TPSA) is 53.1 Å². The zero-order chi connectivity index (χ0) is 18.0. The Labute approximate surface area is 151 Å². The van der Waals surface area contributed by atoms with Crippen molar-refractivity contribution in [3.8, 4) is 5.75 Å². The molecule has 0 aliphatic carbocycles. The molecule has 7 heteroatoms. The Morgan fingerprint density at radius 3 is 2.64 bits per heavy atom. The van der Waals surface area contributed by atoms with E-state index in [1.54, 1.807) is 18.4 Å². The molecule has 0 saturated carbocycles. The number of ether oxygens (including phenoxy) is 1. The van der Waals surface area contributed by atoms with Crippen molar-refractivity contribution < 1.29 is 13.2 Å². The largest absolute Gasteiger partial charge is 0.494 e. The second-order valence-corrected chi connectivity index (χ2v) is 9.32. The normalized spacial score (nSPS) is 25.3. The van der Waals surface area contributed by atoms with Gasteiger partial charge in [0, 0.05) is 51.9 Å². The second-order valence-electron chi connectivity index (χ2n) is 7.17. The summed E-state index contributed by atoms with van der Waals surface area (Å²) >= 11 is 0. The minimum absolute atomic E-state index is 0.267. The van der Waals surface area contributed by atoms with Crippen molar-refractivity contribution in [2.75, 3.05) is 40.3 Å². The first-order valence-electron chi connectivity index (χ1n) is 9.04. The number of benzene rings is 1. The zero-order valence-corrected chi connectivity index (χ0v) is 16.2. The zero-order valence-electron chi connectivity index (χ0n) is 15.4. The van der Waals surface area contributed by atoms with Crippen LogP contribution in [0.4, 0.5) is 0 Å². The molecule has 140 valence electrons. The summed E-state index contributed by atoms with van der Waals surface area (Å²) in [5, 5.41) is 0. The Morgan fingerprint density at radius 1 is 1.16 bits per heavy atom. The van der Waals surface area contributed by atoms with Crippen LogP contribution >= 0.6 is 0 Å². The van der Waals surface area contributed by atoms with E-state index in [-0.39, 0.29) is 6.04 Å². The molecule has 3 fully saturated rings. The molecular weight excluding hydrogens is 338 g/mol. The summed E-state index contributed by atoms with van der Waals surface area (Å²) in [5.74, 6) is 1.33. The van der Waals surface area contributed by atoms with E-state index in [1.165, 1.54) is 9.87 Å². The number of hydrogen-bond acceptors (Lipinski definition) is 4. The number of hydrogen-bond donors (Lipinski definition) is 0. The summed E-state index contributed by atoms with van der Waals surface area (Å²) in [6, 6.07) is 8.42. The van der Waals surface area contributed by atoms with E-state index in [9.17, 15) is 8.42 Å². The molecule has 3 aliphatic heterocycles. The second kappa shape index (κ2) is 7.61. The van der Waals surface area contributed by atoms with Crippen LogP contribution in [0.2, 0.25) is 0 Å². The fourth-order valence-electron chi connectivity index (χ4n) is 3.90. The Balaban J connectivity index is 1.78. The standard InChI is InChI=1S/C18H29N3O3S/c1-4-24-18-8-6-5-7-16(18)13-20-11-15-9-10-17(20)14-21(12-15)25(22,23)19(2)3/h5-8,15,17H,4,9-14H2,1-3H3/t15-,17-/m0/s1. The summed E-state index contributed by atoms with van der Waals surface area (Å²) in [7, 11) is -0.128. The molecule has 6 nitrogen and oxygen atoms in total. The molecule has 0 unspecified atom stereocenters. The van der Waals surface area contributed by atoms with Crippen LogP contribution in [-0.2, 0) is 16.8 Å². The number of rotatable bonds is 6. The van der Waals surface area contributed by atoms with Gasteiger partial charge in [-0.05, 0) is 31.7 Å². The lowest BCUT2D eigenvalue weighted by atomic mass is 9.94. The summed E-state index contributed by atoms with van der Waals surface area (Å²) < 4.78 is 33.9. The van der Waals surface area contributed by atoms with Crippen molar-refractivity contribution in [2.45, 2.75) is 32.4 Å². The van der Waals surface area contributed by atoms with Crippen molar-refractivity contribution in [1.82, 2.24) is 13.5 Å². The molecule has 3 saturated heterocycles. The van der Waals surface area contributed by atoms with Crippen LogP contribution < -0.4 is 4.74 Å². The van der Waals surface area contributed by atoms with Gasteiger partial charge >= 0.3 is 0 Å². The van der Waals surface area contributed by atoms with E-state index in [1.807, 2.05) is 25.1 Å². The lowest BCUT2D eigenvalue weighted by molar-refractivity contribution is 0.123. The van der Waals surface area contributed by atoms with E-state index in [2.05, 4.69) is 11.0 Å². The first-order valence-corrected chi connectivity index (χ1v) is 10.4. The van der Waals surface area contributed by atoms with Gasteiger partial charge in [-0.1, -0.05) is 18.2 Å². The lowest BCUT2D eigenvalue weighted by Gasteiger charge is -2.36. The fraction of sp³-hybridized carbons (Fsp3) is 0.667. The summed E-state index contributed by atoms with van der Waals surface area (Å²) in [6.45, 7) is 5.61. The Hall–Kier alpha value is -1.15. The van der Waals surface area contributed by atoms with Crippen LogP contribution in [0.5, 0.6) is 5.75 Å². The van der Waals surface area contributed by atoms with Crippen LogP contribution in [0.15, 0.2) is 24.3 Å². The lowest BCUT2D eigenvalue weighted by Crippen LogP contribution is -2.45. The van der Waals surface area contributed by atoms with Gasteiger partial charge < -0.3 is 4.74 Å².